The minimum absolute atomic E-state index is 0.271. The van der Waals surface area contributed by atoms with E-state index in [9.17, 15) is 18.4 Å². The number of carbonyl (C=O) groups excluding carboxylic acids is 1. The van der Waals surface area contributed by atoms with E-state index in [1.54, 1.807) is 6.92 Å². The van der Waals surface area contributed by atoms with Gasteiger partial charge in [-0.1, -0.05) is 6.07 Å². The van der Waals surface area contributed by atoms with E-state index >= 15 is 0 Å². The summed E-state index contributed by atoms with van der Waals surface area (Å²) in [5, 5.41) is 11.4. The van der Waals surface area contributed by atoms with Gasteiger partial charge in [0, 0.05) is 0 Å². The summed E-state index contributed by atoms with van der Waals surface area (Å²) < 4.78 is 31.1. The average Bonchev–Trinajstić information content (AvgIpc) is 2.91. The van der Waals surface area contributed by atoms with Crippen LogP contribution in [-0.4, -0.2) is 29.2 Å². The lowest BCUT2D eigenvalue weighted by Gasteiger charge is -2.17. The Labute approximate surface area is 119 Å². The zero-order valence-corrected chi connectivity index (χ0v) is 11.3. The van der Waals surface area contributed by atoms with E-state index < -0.39 is 41.8 Å². The third-order valence-electron chi connectivity index (χ3n) is 3.39. The molecule has 1 amide bonds. The summed E-state index contributed by atoms with van der Waals surface area (Å²) >= 11 is 0. The van der Waals surface area contributed by atoms with Crippen LogP contribution in [0.4, 0.5) is 8.78 Å². The topological polar surface area (TPSA) is 75.6 Å². The molecular formula is C14H15F2NO4. The minimum atomic E-state index is -1.10. The third kappa shape index (κ3) is 3.55. The summed E-state index contributed by atoms with van der Waals surface area (Å²) in [6.07, 6.45) is -1.22. The summed E-state index contributed by atoms with van der Waals surface area (Å²) in [4.78, 5) is 22.7. The van der Waals surface area contributed by atoms with Gasteiger partial charge in [-0.05, 0) is 37.5 Å². The van der Waals surface area contributed by atoms with E-state index in [0.29, 0.717) is 12.0 Å². The first-order chi connectivity index (χ1) is 9.88. The number of carbonyl (C=O) groups is 2. The van der Waals surface area contributed by atoms with Gasteiger partial charge >= 0.3 is 5.97 Å². The monoisotopic (exact) mass is 299 g/mol. The zero-order valence-electron chi connectivity index (χ0n) is 11.3. The number of hydrogen-bond donors (Lipinski definition) is 2. The van der Waals surface area contributed by atoms with Gasteiger partial charge < -0.3 is 15.2 Å². The molecule has 1 aliphatic heterocycles. The maximum Gasteiger partial charge on any atom is 0.332 e. The summed E-state index contributed by atoms with van der Waals surface area (Å²) in [6, 6.07) is 2.83. The maximum absolute atomic E-state index is 13.1. The number of carboxylic acids is 1. The van der Waals surface area contributed by atoms with Crippen molar-refractivity contribution in [3.63, 3.8) is 0 Å². The molecule has 114 valence electrons. The second-order valence-corrected chi connectivity index (χ2v) is 4.93. The Kier molecular flexibility index (Phi) is 4.52. The molecule has 0 saturated carbocycles. The van der Waals surface area contributed by atoms with E-state index in [4.69, 9.17) is 9.84 Å². The average molecular weight is 299 g/mol. The number of amides is 1. The molecule has 3 atom stereocenters. The van der Waals surface area contributed by atoms with Crippen LogP contribution in [0.5, 0.6) is 0 Å². The van der Waals surface area contributed by atoms with E-state index in [0.717, 1.165) is 12.1 Å². The SMILES string of the molecule is CC(NC(=O)C1CCC(C(=O)O)O1)c1ccc(F)c(F)c1. The van der Waals surface area contributed by atoms with Crippen LogP contribution in [-0.2, 0) is 14.3 Å². The fraction of sp³-hybridized carbons (Fsp3) is 0.429. The highest BCUT2D eigenvalue weighted by Crippen LogP contribution is 2.22. The Bertz CT molecular complexity index is 564. The normalized spacial score (nSPS) is 22.8. The predicted molar refractivity (Wildman–Crippen MR) is 68.4 cm³/mol. The highest BCUT2D eigenvalue weighted by Gasteiger charge is 2.35. The van der Waals surface area contributed by atoms with Gasteiger partial charge in [-0.2, -0.15) is 0 Å². The summed E-state index contributed by atoms with van der Waals surface area (Å²) in [5.74, 6) is -3.51. The Hall–Kier alpha value is -2.02. The second kappa shape index (κ2) is 6.17. The Morgan fingerprint density at radius 1 is 1.29 bits per heavy atom. The van der Waals surface area contributed by atoms with Crippen LogP contribution in [0.2, 0.25) is 0 Å². The van der Waals surface area contributed by atoms with Crippen molar-refractivity contribution in [2.45, 2.75) is 38.0 Å². The molecule has 1 aromatic carbocycles. The van der Waals surface area contributed by atoms with Crippen LogP contribution in [0.3, 0.4) is 0 Å². The van der Waals surface area contributed by atoms with Gasteiger partial charge in [0.05, 0.1) is 6.04 Å². The van der Waals surface area contributed by atoms with Crippen molar-refractivity contribution in [3.05, 3.63) is 35.4 Å². The molecular weight excluding hydrogens is 284 g/mol. The van der Waals surface area contributed by atoms with Crippen LogP contribution in [0.15, 0.2) is 18.2 Å². The fourth-order valence-electron chi connectivity index (χ4n) is 2.18. The van der Waals surface area contributed by atoms with Crippen molar-refractivity contribution >= 4 is 11.9 Å². The van der Waals surface area contributed by atoms with Crippen LogP contribution >= 0.6 is 0 Å². The van der Waals surface area contributed by atoms with Crippen LogP contribution < -0.4 is 5.32 Å². The van der Waals surface area contributed by atoms with Crippen molar-refractivity contribution in [2.75, 3.05) is 0 Å². The lowest BCUT2D eigenvalue weighted by atomic mass is 10.1. The van der Waals surface area contributed by atoms with Crippen LogP contribution in [0.1, 0.15) is 31.4 Å². The maximum atomic E-state index is 13.1. The third-order valence-corrected chi connectivity index (χ3v) is 3.39. The summed E-state index contributed by atoms with van der Waals surface area (Å²) in [6.45, 7) is 1.62. The molecule has 21 heavy (non-hydrogen) atoms. The first kappa shape index (κ1) is 15.4. The van der Waals surface area contributed by atoms with Gasteiger partial charge in [0.25, 0.3) is 0 Å². The second-order valence-electron chi connectivity index (χ2n) is 4.93. The molecule has 2 N–H and O–H groups in total. The zero-order chi connectivity index (χ0) is 15.6. The van der Waals surface area contributed by atoms with Crippen LogP contribution in [0, 0.1) is 11.6 Å². The number of carboxylic acid groups (broad SMARTS) is 1. The van der Waals surface area contributed by atoms with Gasteiger partial charge in [0.1, 0.15) is 6.10 Å². The molecule has 7 heteroatoms. The molecule has 0 aliphatic carbocycles. The van der Waals surface area contributed by atoms with Gasteiger partial charge in [0.15, 0.2) is 17.7 Å². The van der Waals surface area contributed by atoms with E-state index in [2.05, 4.69) is 5.32 Å². The molecule has 0 radical (unpaired) electrons. The van der Waals surface area contributed by atoms with Gasteiger partial charge in [-0.15, -0.1) is 0 Å². The molecule has 1 aromatic rings. The lowest BCUT2D eigenvalue weighted by Crippen LogP contribution is -2.37. The van der Waals surface area contributed by atoms with Gasteiger partial charge in [-0.25, -0.2) is 13.6 Å². The number of aliphatic carboxylic acids is 1. The van der Waals surface area contributed by atoms with Crippen molar-refractivity contribution in [1.29, 1.82) is 0 Å². The number of rotatable bonds is 4. The minimum Gasteiger partial charge on any atom is -0.479 e. The van der Waals surface area contributed by atoms with Crippen molar-refractivity contribution in [1.82, 2.24) is 5.32 Å². The Morgan fingerprint density at radius 2 is 1.95 bits per heavy atom. The summed E-state index contributed by atoms with van der Waals surface area (Å²) in [5.41, 5.74) is 0.412. The quantitative estimate of drug-likeness (QED) is 0.888. The Morgan fingerprint density at radius 3 is 2.52 bits per heavy atom. The molecule has 0 aromatic heterocycles. The molecule has 1 fully saturated rings. The first-order valence-electron chi connectivity index (χ1n) is 6.52. The van der Waals surface area contributed by atoms with Crippen molar-refractivity contribution < 1.29 is 28.2 Å². The molecule has 0 spiro atoms. The fourth-order valence-corrected chi connectivity index (χ4v) is 2.18. The molecule has 1 saturated heterocycles. The first-order valence-corrected chi connectivity index (χ1v) is 6.52. The van der Waals surface area contributed by atoms with E-state index in [1.165, 1.54) is 6.07 Å². The number of ether oxygens (including phenoxy) is 1. The summed E-state index contributed by atoms with van der Waals surface area (Å²) in [7, 11) is 0. The highest BCUT2D eigenvalue weighted by atomic mass is 19.2. The number of hydrogen-bond acceptors (Lipinski definition) is 3. The molecule has 3 unspecified atom stereocenters. The highest BCUT2D eigenvalue weighted by molar-refractivity contribution is 5.83. The number of benzene rings is 1. The van der Waals surface area contributed by atoms with Crippen molar-refractivity contribution in [2.24, 2.45) is 0 Å². The number of halogens is 2. The van der Waals surface area contributed by atoms with E-state index in [1.807, 2.05) is 0 Å². The largest absolute Gasteiger partial charge is 0.479 e. The molecule has 2 rings (SSSR count). The van der Waals surface area contributed by atoms with E-state index in [-0.39, 0.29) is 6.42 Å². The van der Waals surface area contributed by atoms with Gasteiger partial charge in [-0.3, -0.25) is 4.79 Å². The smallest absolute Gasteiger partial charge is 0.332 e. The van der Waals surface area contributed by atoms with Gasteiger partial charge in [0.2, 0.25) is 5.91 Å². The van der Waals surface area contributed by atoms with Crippen molar-refractivity contribution in [3.8, 4) is 0 Å². The molecule has 1 aliphatic rings. The lowest BCUT2D eigenvalue weighted by molar-refractivity contribution is -0.151. The number of nitrogens with one attached hydrogen (secondary N) is 1. The molecule has 0 bridgehead atoms. The molecule has 1 heterocycles. The molecule has 5 nitrogen and oxygen atoms in total. The predicted octanol–water partition coefficient (Wildman–Crippen LogP) is 1.77. The standard InChI is InChI=1S/C14H15F2NO4/c1-7(8-2-3-9(15)10(16)6-8)17-13(18)11-4-5-12(21-11)14(19)20/h2-3,6-7,11-12H,4-5H2,1H3,(H,17,18)(H,19,20). The Balaban J connectivity index is 1.96. The van der Waals surface area contributed by atoms with Crippen LogP contribution in [0.25, 0.3) is 0 Å².